The third kappa shape index (κ3) is 4.10. The zero-order chi connectivity index (χ0) is 16.9. The number of nitrogens with zero attached hydrogens (tertiary/aromatic N) is 5. The molecule has 1 fully saturated rings. The first kappa shape index (κ1) is 16.9. The van der Waals surface area contributed by atoms with Crippen LogP contribution in [0.3, 0.4) is 0 Å². The molecule has 1 atom stereocenters. The van der Waals surface area contributed by atoms with Crippen molar-refractivity contribution in [1.82, 2.24) is 24.8 Å². The van der Waals surface area contributed by atoms with E-state index in [-0.39, 0.29) is 0 Å². The van der Waals surface area contributed by atoms with Gasteiger partial charge in [-0.05, 0) is 24.6 Å². The predicted octanol–water partition coefficient (Wildman–Crippen LogP) is 1.29. The molecule has 1 aliphatic rings. The highest BCUT2D eigenvalue weighted by Crippen LogP contribution is 2.19. The van der Waals surface area contributed by atoms with E-state index in [1.165, 1.54) is 19.4 Å². The minimum Gasteiger partial charge on any atom is -0.384 e. The summed E-state index contributed by atoms with van der Waals surface area (Å²) in [7, 11) is 0. The monoisotopic (exact) mass is 329 g/mol. The van der Waals surface area contributed by atoms with Crippen LogP contribution in [0, 0.1) is 5.92 Å². The minimum atomic E-state index is 0.478. The number of rotatable bonds is 6. The normalized spacial score (nSPS) is 17.9. The Morgan fingerprint density at radius 2 is 1.92 bits per heavy atom. The molecule has 0 spiro atoms. The SMILES string of the molecule is CCN1CCN(C[C@H](C)CNc2ncnc3nc(N)ccc23)CC1. The Labute approximate surface area is 143 Å². The molecule has 1 saturated heterocycles. The third-order valence-electron chi connectivity index (χ3n) is 4.62. The topological polar surface area (TPSA) is 83.2 Å². The molecule has 2 aromatic heterocycles. The molecule has 1 aliphatic heterocycles. The van der Waals surface area contributed by atoms with Gasteiger partial charge in [0, 0.05) is 39.3 Å². The number of hydrogen-bond acceptors (Lipinski definition) is 7. The standard InChI is InChI=1S/C17H27N7/c1-3-23-6-8-24(9-7-23)11-13(2)10-19-16-14-4-5-15(18)22-17(14)21-12-20-16/h4-5,12-13H,3,6-11H2,1-2H3,(H3,18,19,20,21,22)/t13-/m1/s1. The van der Waals surface area contributed by atoms with Gasteiger partial charge in [-0.3, -0.25) is 0 Å². The van der Waals surface area contributed by atoms with E-state index in [1.807, 2.05) is 6.07 Å². The Bertz CT molecular complexity index is 667. The van der Waals surface area contributed by atoms with E-state index in [0.717, 1.165) is 43.9 Å². The maximum Gasteiger partial charge on any atom is 0.166 e. The second kappa shape index (κ2) is 7.72. The van der Waals surface area contributed by atoms with Crippen molar-refractivity contribution >= 4 is 22.7 Å². The van der Waals surface area contributed by atoms with Crippen LogP contribution in [0.25, 0.3) is 11.0 Å². The molecule has 0 bridgehead atoms. The predicted molar refractivity (Wildman–Crippen MR) is 98.0 cm³/mol. The molecule has 0 aliphatic carbocycles. The molecule has 3 heterocycles. The molecule has 7 nitrogen and oxygen atoms in total. The van der Waals surface area contributed by atoms with Gasteiger partial charge in [0.05, 0.1) is 5.39 Å². The zero-order valence-corrected chi connectivity index (χ0v) is 14.6. The summed E-state index contributed by atoms with van der Waals surface area (Å²) in [5.74, 6) is 1.85. The fraction of sp³-hybridized carbons (Fsp3) is 0.588. The Kier molecular flexibility index (Phi) is 5.42. The molecule has 3 rings (SSSR count). The molecule has 0 unspecified atom stereocenters. The molecule has 0 saturated carbocycles. The molecular weight excluding hydrogens is 302 g/mol. The van der Waals surface area contributed by atoms with Crippen LogP contribution in [0.2, 0.25) is 0 Å². The molecule has 0 radical (unpaired) electrons. The number of hydrogen-bond donors (Lipinski definition) is 2. The number of nitrogen functional groups attached to an aromatic ring is 1. The number of likely N-dealkylation sites (N-methyl/N-ethyl adjacent to an activating group) is 1. The van der Waals surface area contributed by atoms with E-state index in [0.29, 0.717) is 17.4 Å². The van der Waals surface area contributed by atoms with Crippen LogP contribution < -0.4 is 11.1 Å². The van der Waals surface area contributed by atoms with Crippen LogP contribution in [-0.2, 0) is 0 Å². The lowest BCUT2D eigenvalue weighted by atomic mass is 10.1. The fourth-order valence-corrected chi connectivity index (χ4v) is 3.16. The summed E-state index contributed by atoms with van der Waals surface area (Å²) < 4.78 is 0. The summed E-state index contributed by atoms with van der Waals surface area (Å²) in [6, 6.07) is 3.71. The molecule has 3 N–H and O–H groups in total. The van der Waals surface area contributed by atoms with Gasteiger partial charge in [0.25, 0.3) is 0 Å². The van der Waals surface area contributed by atoms with Crippen molar-refractivity contribution in [2.75, 3.05) is 56.9 Å². The Morgan fingerprint density at radius 1 is 1.17 bits per heavy atom. The van der Waals surface area contributed by atoms with Crippen molar-refractivity contribution in [1.29, 1.82) is 0 Å². The summed E-state index contributed by atoms with van der Waals surface area (Å²) in [6.07, 6.45) is 1.53. The smallest absolute Gasteiger partial charge is 0.166 e. The van der Waals surface area contributed by atoms with Crippen LogP contribution in [0.5, 0.6) is 0 Å². The lowest BCUT2D eigenvalue weighted by Crippen LogP contribution is -2.47. The number of fused-ring (bicyclic) bond motifs is 1. The van der Waals surface area contributed by atoms with Gasteiger partial charge in [-0.2, -0.15) is 0 Å². The van der Waals surface area contributed by atoms with E-state index in [2.05, 4.69) is 43.9 Å². The second-order valence-electron chi connectivity index (χ2n) is 6.55. The van der Waals surface area contributed by atoms with Crippen LogP contribution in [0.15, 0.2) is 18.5 Å². The average Bonchev–Trinajstić information content (AvgIpc) is 2.60. The number of pyridine rings is 1. The van der Waals surface area contributed by atoms with Gasteiger partial charge in [0.1, 0.15) is 18.0 Å². The third-order valence-corrected chi connectivity index (χ3v) is 4.62. The number of anilines is 2. The van der Waals surface area contributed by atoms with E-state index in [4.69, 9.17) is 5.73 Å². The first-order valence-corrected chi connectivity index (χ1v) is 8.71. The Hall–Kier alpha value is -1.99. The molecule has 0 amide bonds. The van der Waals surface area contributed by atoms with E-state index in [1.54, 1.807) is 6.07 Å². The first-order chi connectivity index (χ1) is 11.7. The summed E-state index contributed by atoms with van der Waals surface area (Å²) in [5.41, 5.74) is 6.35. The molecular formula is C17H27N7. The highest BCUT2D eigenvalue weighted by Gasteiger charge is 2.17. The fourth-order valence-electron chi connectivity index (χ4n) is 3.16. The van der Waals surface area contributed by atoms with Gasteiger partial charge in [0.2, 0.25) is 0 Å². The molecule has 130 valence electrons. The van der Waals surface area contributed by atoms with Gasteiger partial charge in [-0.25, -0.2) is 15.0 Å². The molecule has 0 aromatic carbocycles. The average molecular weight is 329 g/mol. The largest absolute Gasteiger partial charge is 0.384 e. The number of nitrogens with two attached hydrogens (primary N) is 1. The maximum absolute atomic E-state index is 5.72. The van der Waals surface area contributed by atoms with Gasteiger partial charge in [-0.1, -0.05) is 13.8 Å². The van der Waals surface area contributed by atoms with Crippen molar-refractivity contribution in [3.8, 4) is 0 Å². The van der Waals surface area contributed by atoms with E-state index < -0.39 is 0 Å². The summed E-state index contributed by atoms with van der Waals surface area (Å²) in [6.45, 7) is 12.3. The van der Waals surface area contributed by atoms with Gasteiger partial charge < -0.3 is 20.9 Å². The number of nitrogens with one attached hydrogen (secondary N) is 1. The van der Waals surface area contributed by atoms with Gasteiger partial charge in [-0.15, -0.1) is 0 Å². The van der Waals surface area contributed by atoms with Crippen LogP contribution >= 0.6 is 0 Å². The van der Waals surface area contributed by atoms with Crippen molar-refractivity contribution in [3.63, 3.8) is 0 Å². The highest BCUT2D eigenvalue weighted by molar-refractivity contribution is 5.86. The quantitative estimate of drug-likeness (QED) is 0.826. The summed E-state index contributed by atoms with van der Waals surface area (Å²) >= 11 is 0. The summed E-state index contributed by atoms with van der Waals surface area (Å²) in [5, 5.41) is 4.36. The lowest BCUT2D eigenvalue weighted by Gasteiger charge is -2.35. The van der Waals surface area contributed by atoms with Crippen molar-refractivity contribution in [2.45, 2.75) is 13.8 Å². The van der Waals surface area contributed by atoms with Crippen LogP contribution in [0.1, 0.15) is 13.8 Å². The second-order valence-corrected chi connectivity index (χ2v) is 6.55. The van der Waals surface area contributed by atoms with Crippen molar-refractivity contribution in [3.05, 3.63) is 18.5 Å². The molecule has 24 heavy (non-hydrogen) atoms. The number of aromatic nitrogens is 3. The zero-order valence-electron chi connectivity index (χ0n) is 14.6. The lowest BCUT2D eigenvalue weighted by molar-refractivity contribution is 0.126. The van der Waals surface area contributed by atoms with E-state index in [9.17, 15) is 0 Å². The van der Waals surface area contributed by atoms with Gasteiger partial charge >= 0.3 is 0 Å². The number of piperazine rings is 1. The first-order valence-electron chi connectivity index (χ1n) is 8.71. The molecule has 2 aromatic rings. The molecule has 7 heteroatoms. The van der Waals surface area contributed by atoms with Gasteiger partial charge in [0.15, 0.2) is 5.65 Å². The van der Waals surface area contributed by atoms with Crippen molar-refractivity contribution < 1.29 is 0 Å². The Morgan fingerprint density at radius 3 is 2.67 bits per heavy atom. The highest BCUT2D eigenvalue weighted by atomic mass is 15.3. The van der Waals surface area contributed by atoms with E-state index >= 15 is 0 Å². The summed E-state index contributed by atoms with van der Waals surface area (Å²) in [4.78, 5) is 17.8. The Balaban J connectivity index is 1.54. The minimum absolute atomic E-state index is 0.478. The van der Waals surface area contributed by atoms with Crippen LogP contribution in [-0.4, -0.2) is 70.6 Å². The van der Waals surface area contributed by atoms with Crippen LogP contribution in [0.4, 0.5) is 11.6 Å². The maximum atomic E-state index is 5.72. The van der Waals surface area contributed by atoms with Crippen molar-refractivity contribution in [2.24, 2.45) is 5.92 Å².